The molecule has 1 aliphatic heterocycles. The molecule has 17 heavy (non-hydrogen) atoms. The van der Waals surface area contributed by atoms with E-state index in [1.807, 2.05) is 11.8 Å². The lowest BCUT2D eigenvalue weighted by Gasteiger charge is -2.15. The third-order valence-corrected chi connectivity index (χ3v) is 4.29. The van der Waals surface area contributed by atoms with E-state index in [0.29, 0.717) is 6.04 Å². The van der Waals surface area contributed by atoms with Gasteiger partial charge in [0.15, 0.2) is 0 Å². The van der Waals surface area contributed by atoms with Crippen LogP contribution in [0.2, 0.25) is 0 Å². The predicted molar refractivity (Wildman–Crippen MR) is 77.9 cm³/mol. The molecule has 1 heterocycles. The van der Waals surface area contributed by atoms with Gasteiger partial charge in [-0.25, -0.2) is 0 Å². The minimum atomic E-state index is 0.581. The highest BCUT2D eigenvalue weighted by Gasteiger charge is 2.13. The molecule has 1 unspecified atom stereocenters. The van der Waals surface area contributed by atoms with Crippen LogP contribution in [0.3, 0.4) is 0 Å². The van der Waals surface area contributed by atoms with Gasteiger partial charge in [-0.15, -0.1) is 0 Å². The Morgan fingerprint density at radius 2 is 2.35 bits per heavy atom. The highest BCUT2D eigenvalue weighted by atomic mass is 32.2. The lowest BCUT2D eigenvalue weighted by Crippen LogP contribution is -2.28. The van der Waals surface area contributed by atoms with Gasteiger partial charge in [0.2, 0.25) is 0 Å². The summed E-state index contributed by atoms with van der Waals surface area (Å²) in [6.45, 7) is 6.54. The van der Waals surface area contributed by atoms with Crippen LogP contribution in [0.5, 0.6) is 0 Å². The van der Waals surface area contributed by atoms with Crippen molar-refractivity contribution >= 4 is 17.4 Å². The molecule has 0 aliphatic carbocycles. The van der Waals surface area contributed by atoms with E-state index < -0.39 is 0 Å². The number of anilines is 1. The average molecular weight is 250 g/mol. The Morgan fingerprint density at radius 3 is 3.18 bits per heavy atom. The molecule has 0 fully saturated rings. The second-order valence-corrected chi connectivity index (χ2v) is 5.89. The summed E-state index contributed by atoms with van der Waals surface area (Å²) in [4.78, 5) is 0. The molecule has 2 rings (SSSR count). The van der Waals surface area contributed by atoms with Gasteiger partial charge in [0.05, 0.1) is 0 Å². The molecular formula is C14H22N2S. The van der Waals surface area contributed by atoms with Crippen LogP contribution in [0.15, 0.2) is 18.2 Å². The molecule has 0 saturated heterocycles. The lowest BCUT2D eigenvalue weighted by molar-refractivity contribution is 0.596. The summed E-state index contributed by atoms with van der Waals surface area (Å²) in [5.41, 5.74) is 4.25. The molecule has 1 aromatic rings. The summed E-state index contributed by atoms with van der Waals surface area (Å²) in [5.74, 6) is 2.40. The van der Waals surface area contributed by atoms with Crippen LogP contribution in [0.25, 0.3) is 0 Å². The molecule has 2 nitrogen and oxygen atoms in total. The number of para-hydroxylation sites is 1. The van der Waals surface area contributed by atoms with Gasteiger partial charge in [0, 0.05) is 30.6 Å². The Bertz CT molecular complexity index is 365. The lowest BCUT2D eigenvalue weighted by atomic mass is 10.1. The summed E-state index contributed by atoms with van der Waals surface area (Å²) in [6.07, 6.45) is 1.17. The van der Waals surface area contributed by atoms with Crippen LogP contribution in [0.1, 0.15) is 25.0 Å². The number of fused-ring (bicyclic) bond motifs is 1. The first-order chi connectivity index (χ1) is 8.31. The summed E-state index contributed by atoms with van der Waals surface area (Å²) in [7, 11) is 0. The normalized spacial score (nSPS) is 15.4. The first-order valence-corrected chi connectivity index (χ1v) is 7.62. The van der Waals surface area contributed by atoms with Crippen molar-refractivity contribution in [1.29, 1.82) is 0 Å². The van der Waals surface area contributed by atoms with Crippen molar-refractivity contribution < 1.29 is 0 Å². The van der Waals surface area contributed by atoms with Crippen LogP contribution in [0, 0.1) is 0 Å². The molecule has 0 bridgehead atoms. The zero-order valence-corrected chi connectivity index (χ0v) is 11.6. The fraction of sp³-hybridized carbons (Fsp3) is 0.571. The SMILES string of the molecule is CCSCC(C)NCc1cccc2c1NCC2. The molecule has 1 atom stereocenters. The molecule has 0 aromatic heterocycles. The molecule has 1 aromatic carbocycles. The van der Waals surface area contributed by atoms with Gasteiger partial charge >= 0.3 is 0 Å². The fourth-order valence-electron chi connectivity index (χ4n) is 2.20. The van der Waals surface area contributed by atoms with E-state index in [2.05, 4.69) is 42.7 Å². The zero-order chi connectivity index (χ0) is 12.1. The minimum Gasteiger partial charge on any atom is -0.384 e. The molecule has 0 radical (unpaired) electrons. The zero-order valence-electron chi connectivity index (χ0n) is 10.8. The number of benzene rings is 1. The number of hydrogen-bond acceptors (Lipinski definition) is 3. The summed E-state index contributed by atoms with van der Waals surface area (Å²) in [5, 5.41) is 7.09. The van der Waals surface area contributed by atoms with Crippen molar-refractivity contribution in [2.24, 2.45) is 0 Å². The first-order valence-electron chi connectivity index (χ1n) is 6.47. The van der Waals surface area contributed by atoms with Crippen molar-refractivity contribution in [1.82, 2.24) is 5.32 Å². The van der Waals surface area contributed by atoms with Gasteiger partial charge in [0.25, 0.3) is 0 Å². The van der Waals surface area contributed by atoms with Gasteiger partial charge in [-0.05, 0) is 30.2 Å². The number of nitrogens with one attached hydrogen (secondary N) is 2. The maximum absolute atomic E-state index is 3.60. The van der Waals surface area contributed by atoms with Crippen LogP contribution in [0.4, 0.5) is 5.69 Å². The van der Waals surface area contributed by atoms with E-state index in [1.54, 1.807) is 0 Å². The van der Waals surface area contributed by atoms with Crippen molar-refractivity contribution in [3.63, 3.8) is 0 Å². The minimum absolute atomic E-state index is 0.581. The number of thioether (sulfide) groups is 1. The molecule has 94 valence electrons. The third-order valence-electron chi connectivity index (χ3n) is 3.15. The molecule has 3 heteroatoms. The van der Waals surface area contributed by atoms with E-state index in [1.165, 1.54) is 34.7 Å². The summed E-state index contributed by atoms with van der Waals surface area (Å²) in [6, 6.07) is 7.21. The molecule has 0 spiro atoms. The summed E-state index contributed by atoms with van der Waals surface area (Å²) >= 11 is 2.00. The molecule has 2 N–H and O–H groups in total. The predicted octanol–water partition coefficient (Wildman–Crippen LogP) is 2.89. The number of hydrogen-bond donors (Lipinski definition) is 2. The second kappa shape index (κ2) is 6.31. The van der Waals surface area contributed by atoms with Crippen molar-refractivity contribution in [2.45, 2.75) is 32.9 Å². The largest absolute Gasteiger partial charge is 0.384 e. The van der Waals surface area contributed by atoms with E-state index in [0.717, 1.165) is 13.1 Å². The van der Waals surface area contributed by atoms with E-state index in [9.17, 15) is 0 Å². The van der Waals surface area contributed by atoms with Gasteiger partial charge in [0.1, 0.15) is 0 Å². The Labute approximate surface area is 109 Å². The maximum atomic E-state index is 3.60. The molecular weight excluding hydrogens is 228 g/mol. The van der Waals surface area contributed by atoms with Crippen LogP contribution >= 0.6 is 11.8 Å². The highest BCUT2D eigenvalue weighted by molar-refractivity contribution is 7.99. The Kier molecular flexibility index (Phi) is 4.75. The van der Waals surface area contributed by atoms with Crippen molar-refractivity contribution in [3.05, 3.63) is 29.3 Å². The Balaban J connectivity index is 1.89. The van der Waals surface area contributed by atoms with Crippen LogP contribution in [-0.4, -0.2) is 24.1 Å². The van der Waals surface area contributed by atoms with E-state index >= 15 is 0 Å². The fourth-order valence-corrected chi connectivity index (χ4v) is 2.90. The van der Waals surface area contributed by atoms with Gasteiger partial charge in [-0.2, -0.15) is 11.8 Å². The van der Waals surface area contributed by atoms with Crippen molar-refractivity contribution in [3.8, 4) is 0 Å². The first kappa shape index (κ1) is 12.8. The van der Waals surface area contributed by atoms with Gasteiger partial charge < -0.3 is 10.6 Å². The summed E-state index contributed by atoms with van der Waals surface area (Å²) < 4.78 is 0. The third kappa shape index (κ3) is 3.39. The monoisotopic (exact) mass is 250 g/mol. The highest BCUT2D eigenvalue weighted by Crippen LogP contribution is 2.26. The van der Waals surface area contributed by atoms with Crippen LogP contribution in [-0.2, 0) is 13.0 Å². The number of rotatable bonds is 6. The average Bonchev–Trinajstić information content (AvgIpc) is 2.82. The van der Waals surface area contributed by atoms with Gasteiger partial charge in [-0.1, -0.05) is 25.1 Å². The quantitative estimate of drug-likeness (QED) is 0.812. The topological polar surface area (TPSA) is 24.1 Å². The molecule has 1 aliphatic rings. The Hall–Kier alpha value is -0.670. The maximum Gasteiger partial charge on any atom is 0.0419 e. The van der Waals surface area contributed by atoms with E-state index in [-0.39, 0.29) is 0 Å². The second-order valence-electron chi connectivity index (χ2n) is 4.57. The van der Waals surface area contributed by atoms with Crippen molar-refractivity contribution in [2.75, 3.05) is 23.4 Å². The molecule has 0 amide bonds. The smallest absolute Gasteiger partial charge is 0.0419 e. The van der Waals surface area contributed by atoms with Gasteiger partial charge in [-0.3, -0.25) is 0 Å². The molecule has 0 saturated carbocycles. The van der Waals surface area contributed by atoms with E-state index in [4.69, 9.17) is 0 Å². The van der Waals surface area contributed by atoms with Crippen LogP contribution < -0.4 is 10.6 Å². The standard InChI is InChI=1S/C14H22N2S/c1-3-17-10-11(2)16-9-13-6-4-5-12-7-8-15-14(12)13/h4-6,11,15-16H,3,7-10H2,1-2H3. The Morgan fingerprint density at radius 1 is 1.47 bits per heavy atom.